The molecule has 0 atom stereocenters. The molecule has 0 spiro atoms. The van der Waals surface area contributed by atoms with Gasteiger partial charge in [0.1, 0.15) is 0 Å². The molecule has 6 heteroatoms. The predicted molar refractivity (Wildman–Crippen MR) is 102 cm³/mol. The van der Waals surface area contributed by atoms with Crippen molar-refractivity contribution in [2.45, 2.75) is 30.6 Å². The lowest BCUT2D eigenvalue weighted by molar-refractivity contribution is 0.102. The van der Waals surface area contributed by atoms with Crippen molar-refractivity contribution in [1.29, 1.82) is 0 Å². The summed E-state index contributed by atoms with van der Waals surface area (Å²) in [5, 5.41) is 3.90. The van der Waals surface area contributed by atoms with E-state index in [4.69, 9.17) is 0 Å². The van der Waals surface area contributed by atoms with Gasteiger partial charge in [-0.05, 0) is 67.6 Å². The van der Waals surface area contributed by atoms with Crippen LogP contribution in [0.15, 0.2) is 47.4 Å². The van der Waals surface area contributed by atoms with Crippen molar-refractivity contribution in [3.63, 3.8) is 0 Å². The van der Waals surface area contributed by atoms with Gasteiger partial charge in [-0.2, -0.15) is 0 Å². The fourth-order valence-electron chi connectivity index (χ4n) is 3.55. The SMILES string of the molecule is CS(=O)(=O)c1cccc(NC(=O)c2ccc3[nH]c4c(c3c2)CCCC4)c1. The second kappa shape index (κ2) is 6.29. The maximum Gasteiger partial charge on any atom is 0.255 e. The largest absolute Gasteiger partial charge is 0.358 e. The van der Waals surface area contributed by atoms with Crippen LogP contribution in [0.25, 0.3) is 10.9 Å². The van der Waals surface area contributed by atoms with E-state index in [9.17, 15) is 13.2 Å². The van der Waals surface area contributed by atoms with Crippen molar-refractivity contribution in [2.24, 2.45) is 0 Å². The van der Waals surface area contributed by atoms with Crippen LogP contribution in [0.3, 0.4) is 0 Å². The minimum Gasteiger partial charge on any atom is -0.358 e. The summed E-state index contributed by atoms with van der Waals surface area (Å²) < 4.78 is 23.4. The molecule has 0 radical (unpaired) electrons. The third-order valence-electron chi connectivity index (χ3n) is 4.88. The second-order valence-corrected chi connectivity index (χ2v) is 8.82. The summed E-state index contributed by atoms with van der Waals surface area (Å²) in [7, 11) is -3.31. The van der Waals surface area contributed by atoms with Gasteiger partial charge >= 0.3 is 0 Å². The Morgan fingerprint density at radius 3 is 2.69 bits per heavy atom. The molecule has 0 saturated heterocycles. The fraction of sp³-hybridized carbons (Fsp3) is 0.250. The molecule has 0 aliphatic heterocycles. The number of aryl methyl sites for hydroxylation is 2. The molecule has 0 fully saturated rings. The summed E-state index contributed by atoms with van der Waals surface area (Å²) in [6, 6.07) is 12.0. The Morgan fingerprint density at radius 2 is 1.88 bits per heavy atom. The zero-order chi connectivity index (χ0) is 18.3. The van der Waals surface area contributed by atoms with Crippen LogP contribution in [0.4, 0.5) is 5.69 Å². The van der Waals surface area contributed by atoms with E-state index in [0.29, 0.717) is 11.3 Å². The highest BCUT2D eigenvalue weighted by molar-refractivity contribution is 7.90. The van der Waals surface area contributed by atoms with Crippen molar-refractivity contribution in [3.05, 3.63) is 59.3 Å². The van der Waals surface area contributed by atoms with E-state index in [1.54, 1.807) is 18.2 Å². The molecule has 1 amide bonds. The quantitative estimate of drug-likeness (QED) is 0.740. The molecule has 1 aromatic heterocycles. The first kappa shape index (κ1) is 16.8. The van der Waals surface area contributed by atoms with Gasteiger partial charge < -0.3 is 10.3 Å². The highest BCUT2D eigenvalue weighted by atomic mass is 32.2. The number of aromatic nitrogens is 1. The van der Waals surface area contributed by atoms with Crippen LogP contribution in [0, 0.1) is 0 Å². The first-order valence-electron chi connectivity index (χ1n) is 8.67. The van der Waals surface area contributed by atoms with E-state index in [-0.39, 0.29) is 10.8 Å². The minimum atomic E-state index is -3.31. The number of anilines is 1. The summed E-state index contributed by atoms with van der Waals surface area (Å²) in [5.41, 5.74) is 4.70. The molecule has 3 aromatic rings. The molecule has 2 aromatic carbocycles. The summed E-state index contributed by atoms with van der Waals surface area (Å²) in [6.45, 7) is 0. The summed E-state index contributed by atoms with van der Waals surface area (Å²) in [5.74, 6) is -0.247. The number of aromatic amines is 1. The van der Waals surface area contributed by atoms with E-state index in [1.165, 1.54) is 36.2 Å². The first-order valence-corrected chi connectivity index (χ1v) is 10.6. The third kappa shape index (κ3) is 3.12. The number of fused-ring (bicyclic) bond motifs is 3. The highest BCUT2D eigenvalue weighted by Gasteiger charge is 2.17. The lowest BCUT2D eigenvalue weighted by Crippen LogP contribution is -2.12. The maximum atomic E-state index is 12.6. The Balaban J connectivity index is 1.64. The van der Waals surface area contributed by atoms with Crippen molar-refractivity contribution in [1.82, 2.24) is 4.98 Å². The number of benzene rings is 2. The molecule has 1 aliphatic carbocycles. The van der Waals surface area contributed by atoms with Crippen LogP contribution >= 0.6 is 0 Å². The van der Waals surface area contributed by atoms with Gasteiger partial charge in [-0.1, -0.05) is 6.07 Å². The van der Waals surface area contributed by atoms with E-state index in [1.807, 2.05) is 12.1 Å². The predicted octanol–water partition coefficient (Wildman–Crippen LogP) is 3.70. The maximum absolute atomic E-state index is 12.6. The molecule has 0 saturated carbocycles. The molecular weight excluding hydrogens is 348 g/mol. The summed E-state index contributed by atoms with van der Waals surface area (Å²) in [4.78, 5) is 16.3. The first-order chi connectivity index (χ1) is 12.4. The number of sulfone groups is 1. The van der Waals surface area contributed by atoms with Gasteiger partial charge in [-0.15, -0.1) is 0 Å². The van der Waals surface area contributed by atoms with Gasteiger partial charge in [0.2, 0.25) is 0 Å². The number of hydrogen-bond acceptors (Lipinski definition) is 3. The topological polar surface area (TPSA) is 79.0 Å². The number of carbonyl (C=O) groups excluding carboxylic acids is 1. The van der Waals surface area contributed by atoms with Gasteiger partial charge in [0.15, 0.2) is 9.84 Å². The monoisotopic (exact) mass is 368 g/mol. The zero-order valence-electron chi connectivity index (χ0n) is 14.5. The van der Waals surface area contributed by atoms with Crippen molar-refractivity contribution in [2.75, 3.05) is 11.6 Å². The molecule has 0 bridgehead atoms. The molecule has 1 aliphatic rings. The number of hydrogen-bond donors (Lipinski definition) is 2. The van der Waals surface area contributed by atoms with E-state index in [0.717, 1.165) is 30.0 Å². The average molecular weight is 368 g/mol. The van der Waals surface area contributed by atoms with Crippen molar-refractivity contribution >= 4 is 32.3 Å². The molecule has 2 N–H and O–H groups in total. The number of rotatable bonds is 3. The highest BCUT2D eigenvalue weighted by Crippen LogP contribution is 2.30. The minimum absolute atomic E-state index is 0.186. The van der Waals surface area contributed by atoms with Crippen molar-refractivity contribution in [3.8, 4) is 0 Å². The Labute approximate surface area is 152 Å². The van der Waals surface area contributed by atoms with Crippen LogP contribution in [-0.2, 0) is 22.7 Å². The molecule has 5 nitrogen and oxygen atoms in total. The van der Waals surface area contributed by atoms with Crippen LogP contribution in [0.2, 0.25) is 0 Å². The Morgan fingerprint density at radius 1 is 1.08 bits per heavy atom. The van der Waals surface area contributed by atoms with Gasteiger partial charge in [0.05, 0.1) is 4.90 Å². The summed E-state index contributed by atoms with van der Waals surface area (Å²) in [6.07, 6.45) is 5.62. The Hall–Kier alpha value is -2.60. The number of nitrogens with one attached hydrogen (secondary N) is 2. The van der Waals surface area contributed by atoms with Gasteiger partial charge in [-0.3, -0.25) is 4.79 Å². The second-order valence-electron chi connectivity index (χ2n) is 6.80. The average Bonchev–Trinajstić information content (AvgIpc) is 2.99. The molecule has 0 unspecified atom stereocenters. The lowest BCUT2D eigenvalue weighted by Gasteiger charge is -2.11. The lowest BCUT2D eigenvalue weighted by atomic mass is 9.95. The van der Waals surface area contributed by atoms with E-state index in [2.05, 4.69) is 10.3 Å². The van der Waals surface area contributed by atoms with Crippen LogP contribution in [0.5, 0.6) is 0 Å². The third-order valence-corrected chi connectivity index (χ3v) is 5.99. The molecule has 26 heavy (non-hydrogen) atoms. The molecule has 1 heterocycles. The normalized spacial score (nSPS) is 14.2. The Kier molecular flexibility index (Phi) is 4.07. The zero-order valence-corrected chi connectivity index (χ0v) is 15.3. The van der Waals surface area contributed by atoms with Crippen molar-refractivity contribution < 1.29 is 13.2 Å². The van der Waals surface area contributed by atoms with E-state index >= 15 is 0 Å². The number of H-pyrrole nitrogens is 1. The summed E-state index contributed by atoms with van der Waals surface area (Å²) >= 11 is 0. The van der Waals surface area contributed by atoms with Crippen LogP contribution < -0.4 is 5.32 Å². The Bertz CT molecular complexity index is 1110. The van der Waals surface area contributed by atoms with Gasteiger partial charge in [-0.25, -0.2) is 8.42 Å². The standard InChI is InChI=1S/C20H20N2O3S/c1-26(24,25)15-6-4-5-14(12-15)21-20(23)13-9-10-19-17(11-13)16-7-2-3-8-18(16)22-19/h4-6,9-12,22H,2-3,7-8H2,1H3,(H,21,23). The van der Waals surface area contributed by atoms with Gasteiger partial charge in [0, 0.05) is 34.1 Å². The molecule has 134 valence electrons. The number of carbonyl (C=O) groups is 1. The van der Waals surface area contributed by atoms with Gasteiger partial charge in [0.25, 0.3) is 5.91 Å². The smallest absolute Gasteiger partial charge is 0.255 e. The molecular formula is C20H20N2O3S. The fourth-order valence-corrected chi connectivity index (χ4v) is 4.22. The number of amides is 1. The van der Waals surface area contributed by atoms with E-state index < -0.39 is 9.84 Å². The van der Waals surface area contributed by atoms with Crippen LogP contribution in [0.1, 0.15) is 34.5 Å². The van der Waals surface area contributed by atoms with Crippen LogP contribution in [-0.4, -0.2) is 25.6 Å². The molecule has 4 rings (SSSR count).